The van der Waals surface area contributed by atoms with Crippen LogP contribution < -0.4 is 10.2 Å². The first-order chi connectivity index (χ1) is 17.0. The van der Waals surface area contributed by atoms with Crippen LogP contribution in [0.25, 0.3) is 22.3 Å². The summed E-state index contributed by atoms with van der Waals surface area (Å²) < 4.78 is 0. The third-order valence-electron chi connectivity index (χ3n) is 6.48. The zero-order valence-electron chi connectivity index (χ0n) is 20.3. The summed E-state index contributed by atoms with van der Waals surface area (Å²) in [4.78, 5) is 30.4. The van der Waals surface area contributed by atoms with Gasteiger partial charge in [-0.25, -0.2) is 9.97 Å². The number of carbonyl (C=O) groups excluding carboxylic acids is 1. The van der Waals surface area contributed by atoms with Crippen molar-refractivity contribution in [1.29, 1.82) is 0 Å². The van der Waals surface area contributed by atoms with Gasteiger partial charge >= 0.3 is 0 Å². The highest BCUT2D eigenvalue weighted by atomic mass is 32.2. The van der Waals surface area contributed by atoms with Crippen molar-refractivity contribution < 1.29 is 4.79 Å². The molecule has 7 heteroatoms. The SMILES string of the molecule is CSc1cc(C(=O)NCc2cc3nc(-c4cccc(N5CCC(C)C5)n4)ccc3cn2)ccc1C. The molecular weight excluding hydrogens is 454 g/mol. The molecule has 1 aliphatic rings. The van der Waals surface area contributed by atoms with E-state index in [0.29, 0.717) is 18.0 Å². The lowest BCUT2D eigenvalue weighted by Gasteiger charge is -2.17. The first kappa shape index (κ1) is 23.3. The van der Waals surface area contributed by atoms with E-state index in [4.69, 9.17) is 9.97 Å². The number of hydrogen-bond donors (Lipinski definition) is 1. The zero-order chi connectivity index (χ0) is 24.4. The summed E-state index contributed by atoms with van der Waals surface area (Å²) in [6.45, 7) is 6.76. The molecule has 1 fully saturated rings. The molecule has 1 saturated heterocycles. The molecule has 6 nitrogen and oxygen atoms in total. The molecule has 1 atom stereocenters. The molecule has 1 N–H and O–H groups in total. The van der Waals surface area contributed by atoms with E-state index in [1.54, 1.807) is 18.0 Å². The Morgan fingerprint density at radius 2 is 1.97 bits per heavy atom. The normalized spacial score (nSPS) is 15.5. The molecule has 1 amide bonds. The first-order valence-electron chi connectivity index (χ1n) is 11.9. The molecule has 1 aromatic carbocycles. The molecule has 5 rings (SSSR count). The highest BCUT2D eigenvalue weighted by Crippen LogP contribution is 2.26. The zero-order valence-corrected chi connectivity index (χ0v) is 21.1. The summed E-state index contributed by atoms with van der Waals surface area (Å²) in [6, 6.07) is 17.8. The van der Waals surface area contributed by atoms with Gasteiger partial charge in [0.2, 0.25) is 0 Å². The average Bonchev–Trinajstić information content (AvgIpc) is 3.33. The summed E-state index contributed by atoms with van der Waals surface area (Å²) >= 11 is 1.64. The topological polar surface area (TPSA) is 71.0 Å². The number of nitrogens with one attached hydrogen (secondary N) is 1. The monoisotopic (exact) mass is 483 g/mol. The number of hydrogen-bond acceptors (Lipinski definition) is 6. The fourth-order valence-corrected chi connectivity index (χ4v) is 5.05. The summed E-state index contributed by atoms with van der Waals surface area (Å²) in [6.07, 6.45) is 5.03. The van der Waals surface area contributed by atoms with E-state index < -0.39 is 0 Å². The van der Waals surface area contributed by atoms with Gasteiger partial charge in [-0.1, -0.05) is 19.1 Å². The number of benzene rings is 1. The van der Waals surface area contributed by atoms with Crippen molar-refractivity contribution in [1.82, 2.24) is 20.3 Å². The van der Waals surface area contributed by atoms with Gasteiger partial charge in [0.05, 0.1) is 29.1 Å². The van der Waals surface area contributed by atoms with E-state index >= 15 is 0 Å². The Hall–Kier alpha value is -3.45. The Kier molecular flexibility index (Phi) is 6.68. The maximum Gasteiger partial charge on any atom is 0.251 e. The van der Waals surface area contributed by atoms with Crippen LogP contribution in [0.5, 0.6) is 0 Å². The van der Waals surface area contributed by atoms with Crippen molar-refractivity contribution in [3.63, 3.8) is 0 Å². The van der Waals surface area contributed by atoms with E-state index in [0.717, 1.165) is 51.8 Å². The summed E-state index contributed by atoms with van der Waals surface area (Å²) in [5.74, 6) is 1.60. The predicted molar refractivity (Wildman–Crippen MR) is 143 cm³/mol. The quantitative estimate of drug-likeness (QED) is 0.365. The Morgan fingerprint density at radius 1 is 1.11 bits per heavy atom. The summed E-state index contributed by atoms with van der Waals surface area (Å²) in [5, 5.41) is 3.94. The third kappa shape index (κ3) is 5.15. The molecule has 1 unspecified atom stereocenters. The fourth-order valence-electron chi connectivity index (χ4n) is 4.42. The molecule has 4 aromatic rings. The van der Waals surface area contributed by atoms with Gasteiger partial charge in [-0.3, -0.25) is 9.78 Å². The van der Waals surface area contributed by atoms with E-state index in [1.807, 2.05) is 61.7 Å². The van der Waals surface area contributed by atoms with Gasteiger partial charge in [-0.05, 0) is 73.5 Å². The molecule has 0 radical (unpaired) electrons. The fraction of sp³-hybridized carbons (Fsp3) is 0.286. The highest BCUT2D eigenvalue weighted by molar-refractivity contribution is 7.98. The van der Waals surface area contributed by atoms with Crippen LogP contribution in [0, 0.1) is 12.8 Å². The number of aromatic nitrogens is 3. The maximum absolute atomic E-state index is 12.7. The smallest absolute Gasteiger partial charge is 0.251 e. The second-order valence-corrected chi connectivity index (χ2v) is 10.0. The van der Waals surface area contributed by atoms with E-state index in [9.17, 15) is 4.79 Å². The van der Waals surface area contributed by atoms with Crippen LogP contribution in [0.1, 0.15) is 35.0 Å². The number of thioether (sulfide) groups is 1. The minimum absolute atomic E-state index is 0.110. The molecular formula is C28H29N5OS. The predicted octanol–water partition coefficient (Wildman–Crippen LogP) is 5.50. The van der Waals surface area contributed by atoms with Crippen molar-refractivity contribution in [3.05, 3.63) is 77.6 Å². The second-order valence-electron chi connectivity index (χ2n) is 9.15. The number of aryl methyl sites for hydroxylation is 1. The lowest BCUT2D eigenvalue weighted by molar-refractivity contribution is 0.0950. The van der Waals surface area contributed by atoms with Crippen LogP contribution in [0.3, 0.4) is 0 Å². The summed E-state index contributed by atoms with van der Waals surface area (Å²) in [5.41, 5.74) is 5.11. The van der Waals surface area contributed by atoms with Crippen LogP contribution in [-0.2, 0) is 6.54 Å². The van der Waals surface area contributed by atoms with Gasteiger partial charge in [0.15, 0.2) is 0 Å². The van der Waals surface area contributed by atoms with Crippen LogP contribution in [-0.4, -0.2) is 40.2 Å². The van der Waals surface area contributed by atoms with Crippen molar-refractivity contribution >= 4 is 34.4 Å². The standard InChI is InChI=1S/C28H29N5OS/c1-18-11-12-33(17-18)27-6-4-5-23(32-27)24-10-9-21-15-29-22(14-25(21)31-24)16-30-28(34)20-8-7-19(2)26(13-20)35-3/h4-10,13-15,18H,11-12,16-17H2,1-3H3,(H,30,34). The lowest BCUT2D eigenvalue weighted by atomic mass is 10.1. The van der Waals surface area contributed by atoms with Crippen LogP contribution in [0.2, 0.25) is 0 Å². The molecule has 35 heavy (non-hydrogen) atoms. The molecule has 0 bridgehead atoms. The Balaban J connectivity index is 1.34. The van der Waals surface area contributed by atoms with Crippen LogP contribution in [0.15, 0.2) is 65.7 Å². The minimum Gasteiger partial charge on any atom is -0.356 e. The van der Waals surface area contributed by atoms with Gasteiger partial charge in [0.1, 0.15) is 5.82 Å². The van der Waals surface area contributed by atoms with Gasteiger partial charge in [0.25, 0.3) is 5.91 Å². The van der Waals surface area contributed by atoms with Crippen LogP contribution >= 0.6 is 11.8 Å². The van der Waals surface area contributed by atoms with E-state index in [-0.39, 0.29) is 5.91 Å². The van der Waals surface area contributed by atoms with Crippen molar-refractivity contribution in [2.24, 2.45) is 5.92 Å². The molecule has 0 aliphatic carbocycles. The van der Waals surface area contributed by atoms with Gasteiger partial charge in [-0.15, -0.1) is 11.8 Å². The highest BCUT2D eigenvalue weighted by Gasteiger charge is 2.20. The van der Waals surface area contributed by atoms with Crippen molar-refractivity contribution in [3.8, 4) is 11.4 Å². The average molecular weight is 484 g/mol. The van der Waals surface area contributed by atoms with Gasteiger partial charge in [-0.2, -0.15) is 0 Å². The van der Waals surface area contributed by atoms with Gasteiger partial charge in [0, 0.05) is 35.1 Å². The number of carbonyl (C=O) groups is 1. The van der Waals surface area contributed by atoms with E-state index in [2.05, 4.69) is 28.2 Å². The molecule has 3 aromatic heterocycles. The molecule has 0 spiro atoms. The minimum atomic E-state index is -0.110. The van der Waals surface area contributed by atoms with Crippen molar-refractivity contribution in [2.75, 3.05) is 24.2 Å². The Morgan fingerprint density at radius 3 is 2.77 bits per heavy atom. The molecule has 1 aliphatic heterocycles. The van der Waals surface area contributed by atoms with Crippen LogP contribution in [0.4, 0.5) is 5.82 Å². The maximum atomic E-state index is 12.7. The van der Waals surface area contributed by atoms with E-state index in [1.165, 1.54) is 12.0 Å². The number of rotatable bonds is 6. The third-order valence-corrected chi connectivity index (χ3v) is 7.35. The van der Waals surface area contributed by atoms with Gasteiger partial charge < -0.3 is 10.2 Å². The Labute approximate surface area is 210 Å². The molecule has 4 heterocycles. The molecule has 178 valence electrons. The summed E-state index contributed by atoms with van der Waals surface area (Å²) in [7, 11) is 0. The number of anilines is 1. The lowest BCUT2D eigenvalue weighted by Crippen LogP contribution is -2.23. The second kappa shape index (κ2) is 10.0. The first-order valence-corrected chi connectivity index (χ1v) is 13.1. The van der Waals surface area contributed by atoms with Crippen molar-refractivity contribution in [2.45, 2.75) is 31.7 Å². The molecule has 0 saturated carbocycles. The number of fused-ring (bicyclic) bond motifs is 1. The number of nitrogens with zero attached hydrogens (tertiary/aromatic N) is 4. The largest absolute Gasteiger partial charge is 0.356 e. The number of pyridine rings is 3. The number of amides is 1. The Bertz CT molecular complexity index is 1390.